The Kier molecular flexibility index (Phi) is 6.32. The third-order valence-electron chi connectivity index (χ3n) is 4.13. The molecule has 2 amide bonds. The van der Waals surface area contributed by atoms with Crippen molar-refractivity contribution in [1.29, 1.82) is 0 Å². The SMILES string of the molecule is COC(=O)c1ccc(NC(=O)c2ccc(C(=O)NCc3ccccn3)cc2)cc1. The van der Waals surface area contributed by atoms with Crippen molar-refractivity contribution in [3.63, 3.8) is 0 Å². The number of aromatic nitrogens is 1. The first kappa shape index (κ1) is 19.8. The van der Waals surface area contributed by atoms with E-state index in [0.717, 1.165) is 5.69 Å². The van der Waals surface area contributed by atoms with Crippen LogP contribution in [0.15, 0.2) is 72.9 Å². The van der Waals surface area contributed by atoms with Gasteiger partial charge in [0.1, 0.15) is 0 Å². The number of hydrogen-bond donors (Lipinski definition) is 2. The van der Waals surface area contributed by atoms with Crippen LogP contribution < -0.4 is 10.6 Å². The molecule has 0 aliphatic rings. The largest absolute Gasteiger partial charge is 0.465 e. The Balaban J connectivity index is 1.58. The summed E-state index contributed by atoms with van der Waals surface area (Å²) in [4.78, 5) is 40.2. The molecule has 0 unspecified atom stereocenters. The number of pyridine rings is 1. The van der Waals surface area contributed by atoms with E-state index in [2.05, 4.69) is 20.4 Å². The number of carbonyl (C=O) groups is 3. The minimum Gasteiger partial charge on any atom is -0.465 e. The average molecular weight is 389 g/mol. The zero-order chi connectivity index (χ0) is 20.6. The van der Waals surface area contributed by atoms with E-state index < -0.39 is 5.97 Å². The van der Waals surface area contributed by atoms with Gasteiger partial charge in [0.05, 0.1) is 24.9 Å². The van der Waals surface area contributed by atoms with Crippen LogP contribution in [0.3, 0.4) is 0 Å². The summed E-state index contributed by atoms with van der Waals surface area (Å²) in [6, 6.07) is 18.2. The fraction of sp³-hybridized carbons (Fsp3) is 0.0909. The van der Waals surface area contributed by atoms with Gasteiger partial charge >= 0.3 is 5.97 Å². The molecule has 0 fully saturated rings. The standard InChI is InChI=1S/C22H19N3O4/c1-29-22(28)17-9-11-18(12-10-17)25-21(27)16-7-5-15(6-8-16)20(26)24-14-19-4-2-3-13-23-19/h2-13H,14H2,1H3,(H,24,26)(H,25,27). The van der Waals surface area contributed by atoms with E-state index in [0.29, 0.717) is 28.9 Å². The van der Waals surface area contributed by atoms with Gasteiger partial charge in [-0.15, -0.1) is 0 Å². The second kappa shape index (κ2) is 9.27. The van der Waals surface area contributed by atoms with Crippen LogP contribution >= 0.6 is 0 Å². The summed E-state index contributed by atoms with van der Waals surface area (Å²) in [7, 11) is 1.31. The first-order valence-corrected chi connectivity index (χ1v) is 8.85. The molecule has 3 aromatic rings. The number of methoxy groups -OCH3 is 1. The lowest BCUT2D eigenvalue weighted by Crippen LogP contribution is -2.23. The summed E-state index contributed by atoms with van der Waals surface area (Å²) in [5, 5.41) is 5.52. The lowest BCUT2D eigenvalue weighted by atomic mass is 10.1. The molecule has 1 heterocycles. The number of esters is 1. The molecule has 0 radical (unpaired) electrons. The Labute approximate surface area is 167 Å². The van der Waals surface area contributed by atoms with Crippen LogP contribution in [0.4, 0.5) is 5.69 Å². The number of rotatable bonds is 6. The van der Waals surface area contributed by atoms with E-state index >= 15 is 0 Å². The normalized spacial score (nSPS) is 10.1. The number of ether oxygens (including phenoxy) is 1. The Morgan fingerprint density at radius 1 is 0.828 bits per heavy atom. The highest BCUT2D eigenvalue weighted by molar-refractivity contribution is 6.05. The summed E-state index contributed by atoms with van der Waals surface area (Å²) < 4.78 is 4.64. The van der Waals surface area contributed by atoms with Crippen LogP contribution in [0.1, 0.15) is 36.8 Å². The molecule has 0 bridgehead atoms. The van der Waals surface area contributed by atoms with Crippen molar-refractivity contribution >= 4 is 23.5 Å². The van der Waals surface area contributed by atoms with Crippen LogP contribution in [-0.2, 0) is 11.3 Å². The lowest BCUT2D eigenvalue weighted by Gasteiger charge is -2.08. The molecule has 2 N–H and O–H groups in total. The van der Waals surface area contributed by atoms with E-state index in [9.17, 15) is 14.4 Å². The molecule has 0 spiro atoms. The van der Waals surface area contributed by atoms with Crippen molar-refractivity contribution in [2.24, 2.45) is 0 Å². The van der Waals surface area contributed by atoms with Crippen LogP contribution in [0, 0.1) is 0 Å². The maximum Gasteiger partial charge on any atom is 0.337 e. The van der Waals surface area contributed by atoms with Crippen LogP contribution in [0.5, 0.6) is 0 Å². The minimum absolute atomic E-state index is 0.249. The van der Waals surface area contributed by atoms with Gasteiger partial charge in [0.2, 0.25) is 0 Å². The van der Waals surface area contributed by atoms with E-state index in [-0.39, 0.29) is 11.8 Å². The molecular formula is C22H19N3O4. The van der Waals surface area contributed by atoms with Gasteiger partial charge in [-0.05, 0) is 60.7 Å². The molecule has 0 saturated carbocycles. The second-order valence-corrected chi connectivity index (χ2v) is 6.10. The van der Waals surface area contributed by atoms with Crippen molar-refractivity contribution in [3.05, 3.63) is 95.3 Å². The Bertz CT molecular complexity index is 1000. The highest BCUT2D eigenvalue weighted by Crippen LogP contribution is 2.13. The smallest absolute Gasteiger partial charge is 0.337 e. The number of nitrogens with zero attached hydrogens (tertiary/aromatic N) is 1. The van der Waals surface area contributed by atoms with Crippen LogP contribution in [0.2, 0.25) is 0 Å². The molecule has 29 heavy (non-hydrogen) atoms. The number of carbonyl (C=O) groups excluding carboxylic acids is 3. The van der Waals surface area contributed by atoms with Gasteiger partial charge in [0, 0.05) is 23.0 Å². The van der Waals surface area contributed by atoms with Crippen molar-refractivity contribution in [1.82, 2.24) is 10.3 Å². The maximum atomic E-state index is 12.4. The molecule has 1 aromatic heterocycles. The monoisotopic (exact) mass is 389 g/mol. The van der Waals surface area contributed by atoms with Gasteiger partial charge in [-0.2, -0.15) is 0 Å². The summed E-state index contributed by atoms with van der Waals surface area (Å²) in [6.45, 7) is 0.323. The fourth-order valence-electron chi connectivity index (χ4n) is 2.56. The molecule has 0 aliphatic heterocycles. The van der Waals surface area contributed by atoms with Crippen molar-refractivity contribution in [3.8, 4) is 0 Å². The molecule has 146 valence electrons. The summed E-state index contributed by atoms with van der Waals surface area (Å²) in [6.07, 6.45) is 1.66. The molecule has 7 nitrogen and oxygen atoms in total. The Hall–Kier alpha value is -4.00. The highest BCUT2D eigenvalue weighted by Gasteiger charge is 2.10. The number of anilines is 1. The van der Waals surface area contributed by atoms with Gasteiger partial charge in [0.25, 0.3) is 11.8 Å². The van der Waals surface area contributed by atoms with Gasteiger partial charge in [-0.25, -0.2) is 4.79 Å². The minimum atomic E-state index is -0.445. The first-order valence-electron chi connectivity index (χ1n) is 8.85. The van der Waals surface area contributed by atoms with Gasteiger partial charge < -0.3 is 15.4 Å². The Morgan fingerprint density at radius 3 is 2.03 bits per heavy atom. The van der Waals surface area contributed by atoms with Crippen LogP contribution in [-0.4, -0.2) is 29.9 Å². The molecule has 7 heteroatoms. The highest BCUT2D eigenvalue weighted by atomic mass is 16.5. The van der Waals surface area contributed by atoms with Gasteiger partial charge in [0.15, 0.2) is 0 Å². The van der Waals surface area contributed by atoms with Gasteiger partial charge in [-0.3, -0.25) is 14.6 Å². The van der Waals surface area contributed by atoms with Crippen LogP contribution in [0.25, 0.3) is 0 Å². The van der Waals surface area contributed by atoms with E-state index in [1.54, 1.807) is 54.7 Å². The summed E-state index contributed by atoms with van der Waals surface area (Å²) in [5.41, 5.74) is 2.55. The topological polar surface area (TPSA) is 97.4 Å². The lowest BCUT2D eigenvalue weighted by molar-refractivity contribution is 0.0600. The molecular weight excluding hydrogens is 370 g/mol. The van der Waals surface area contributed by atoms with E-state index in [1.165, 1.54) is 7.11 Å². The summed E-state index contributed by atoms with van der Waals surface area (Å²) in [5.74, 6) is -1.02. The van der Waals surface area contributed by atoms with E-state index in [1.807, 2.05) is 18.2 Å². The number of benzene rings is 2. The fourth-order valence-corrected chi connectivity index (χ4v) is 2.56. The third-order valence-corrected chi connectivity index (χ3v) is 4.13. The maximum absolute atomic E-state index is 12.4. The predicted molar refractivity (Wildman–Crippen MR) is 108 cm³/mol. The second-order valence-electron chi connectivity index (χ2n) is 6.10. The average Bonchev–Trinajstić information content (AvgIpc) is 2.78. The quantitative estimate of drug-likeness (QED) is 0.632. The van der Waals surface area contributed by atoms with Crippen molar-refractivity contribution in [2.75, 3.05) is 12.4 Å². The molecule has 0 saturated heterocycles. The van der Waals surface area contributed by atoms with Gasteiger partial charge in [-0.1, -0.05) is 6.07 Å². The molecule has 2 aromatic carbocycles. The van der Waals surface area contributed by atoms with Crippen molar-refractivity contribution in [2.45, 2.75) is 6.54 Å². The zero-order valence-electron chi connectivity index (χ0n) is 15.7. The van der Waals surface area contributed by atoms with E-state index in [4.69, 9.17) is 0 Å². The third kappa shape index (κ3) is 5.26. The summed E-state index contributed by atoms with van der Waals surface area (Å²) >= 11 is 0. The Morgan fingerprint density at radius 2 is 1.45 bits per heavy atom. The number of hydrogen-bond acceptors (Lipinski definition) is 5. The predicted octanol–water partition coefficient (Wildman–Crippen LogP) is 3.05. The first-order chi connectivity index (χ1) is 14.1. The number of amides is 2. The zero-order valence-corrected chi connectivity index (χ0v) is 15.7. The molecule has 0 aliphatic carbocycles. The number of nitrogens with one attached hydrogen (secondary N) is 2. The molecule has 3 rings (SSSR count). The van der Waals surface area contributed by atoms with Crippen molar-refractivity contribution < 1.29 is 19.1 Å². The molecule has 0 atom stereocenters.